The third kappa shape index (κ3) is 11.0. The summed E-state index contributed by atoms with van der Waals surface area (Å²) < 4.78 is 78.5. The first-order chi connectivity index (χ1) is 25.6. The van der Waals surface area contributed by atoms with Gasteiger partial charge in [0.05, 0.1) is 37.6 Å². The minimum absolute atomic E-state index is 0.000816. The predicted molar refractivity (Wildman–Crippen MR) is 197 cm³/mol. The topological polar surface area (TPSA) is 119 Å². The lowest BCUT2D eigenvalue weighted by atomic mass is 9.95. The maximum absolute atomic E-state index is 13.9. The summed E-state index contributed by atoms with van der Waals surface area (Å²) in [5.74, 6) is -4.13. The SMILES string of the molecule is CC(C)[Si](OC[C@H]1O[C@@H](OCCOCc2ccccc2)[C@H](NC(=O)C(F)(F)F)[C@@H](OC(=O)c2ccccc2)[C@@H]1OC(=O)c1ccccc1)(C(C)C)C(C)C. The number of nitrogens with one attached hydrogen (secondary N) is 1. The zero-order valence-corrected chi connectivity index (χ0v) is 32.4. The van der Waals surface area contributed by atoms with Gasteiger partial charge in [-0.3, -0.25) is 4.79 Å². The summed E-state index contributed by atoms with van der Waals surface area (Å²) in [5, 5.41) is 1.92. The van der Waals surface area contributed by atoms with E-state index in [9.17, 15) is 27.6 Å². The Bertz CT molecular complexity index is 1610. The quantitative estimate of drug-likeness (QED) is 0.0839. The van der Waals surface area contributed by atoms with Crippen LogP contribution in [0.1, 0.15) is 67.8 Å². The van der Waals surface area contributed by atoms with Gasteiger partial charge in [-0.2, -0.15) is 13.2 Å². The molecule has 1 heterocycles. The lowest BCUT2D eigenvalue weighted by Crippen LogP contribution is -2.68. The maximum Gasteiger partial charge on any atom is 0.471 e. The molecule has 1 saturated heterocycles. The van der Waals surface area contributed by atoms with Gasteiger partial charge in [-0.05, 0) is 46.5 Å². The number of hydrogen-bond donors (Lipinski definition) is 1. The first kappa shape index (κ1) is 42.7. The van der Waals surface area contributed by atoms with E-state index >= 15 is 0 Å². The fourth-order valence-corrected chi connectivity index (χ4v) is 12.5. The smallest absolute Gasteiger partial charge is 0.452 e. The standard InChI is InChI=1S/C40H50F3NO9Si/c1-26(2)54(27(3)4,28(5)6)50-25-32-34(52-36(45)30-18-12-8-13-19-30)35(53-37(46)31-20-14-9-15-21-31)33(44-39(47)40(41,42)43)38(51-32)49-23-22-48-24-29-16-10-7-11-17-29/h7-21,26-28,32-35,38H,22-25H2,1-6H3,(H,44,47)/t32-,33-,34-,35-,38-/m1/s1. The molecule has 1 N–H and O–H groups in total. The third-order valence-electron chi connectivity index (χ3n) is 9.53. The lowest BCUT2D eigenvalue weighted by Gasteiger charge is -2.47. The Labute approximate surface area is 315 Å². The summed E-state index contributed by atoms with van der Waals surface area (Å²) in [5.41, 5.74) is 1.49. The molecule has 4 rings (SSSR count). The molecule has 54 heavy (non-hydrogen) atoms. The van der Waals surface area contributed by atoms with E-state index in [4.69, 9.17) is 28.1 Å². The number of alkyl halides is 3. The van der Waals surface area contributed by atoms with Gasteiger partial charge in [0.2, 0.25) is 0 Å². The van der Waals surface area contributed by atoms with Crippen molar-refractivity contribution in [3.05, 3.63) is 108 Å². The number of carbonyl (C=O) groups is 3. The van der Waals surface area contributed by atoms with Gasteiger partial charge in [-0.25, -0.2) is 9.59 Å². The largest absolute Gasteiger partial charge is 0.471 e. The molecule has 0 bridgehead atoms. The van der Waals surface area contributed by atoms with E-state index in [1.54, 1.807) is 36.4 Å². The van der Waals surface area contributed by atoms with Gasteiger partial charge in [0.1, 0.15) is 12.1 Å². The molecular weight excluding hydrogens is 724 g/mol. The highest BCUT2D eigenvalue weighted by Gasteiger charge is 2.55. The van der Waals surface area contributed by atoms with E-state index in [1.165, 1.54) is 24.3 Å². The minimum Gasteiger partial charge on any atom is -0.452 e. The second kappa shape index (κ2) is 19.5. The monoisotopic (exact) mass is 773 g/mol. The average Bonchev–Trinajstić information content (AvgIpc) is 3.14. The van der Waals surface area contributed by atoms with Crippen LogP contribution in [0.2, 0.25) is 16.6 Å². The fraction of sp³-hybridized carbons (Fsp3) is 0.475. The molecule has 3 aromatic carbocycles. The van der Waals surface area contributed by atoms with Crippen molar-refractivity contribution in [2.45, 2.75) is 102 Å². The van der Waals surface area contributed by atoms with Gasteiger partial charge in [-0.15, -0.1) is 0 Å². The van der Waals surface area contributed by atoms with Gasteiger partial charge in [0.15, 0.2) is 26.8 Å². The molecule has 294 valence electrons. The van der Waals surface area contributed by atoms with Crippen molar-refractivity contribution in [2.75, 3.05) is 19.8 Å². The molecule has 1 amide bonds. The molecular formula is C40H50F3NO9Si. The molecule has 0 aliphatic carbocycles. The summed E-state index contributed by atoms with van der Waals surface area (Å²) in [7, 11) is -2.62. The number of halogens is 3. The zero-order chi connectivity index (χ0) is 39.5. The molecule has 3 aromatic rings. The van der Waals surface area contributed by atoms with Crippen LogP contribution in [-0.4, -0.2) is 82.8 Å². The predicted octanol–water partition coefficient (Wildman–Crippen LogP) is 7.64. The van der Waals surface area contributed by atoms with Crippen molar-refractivity contribution in [1.82, 2.24) is 5.32 Å². The average molecular weight is 774 g/mol. The molecule has 14 heteroatoms. The van der Waals surface area contributed by atoms with Crippen molar-refractivity contribution in [3.63, 3.8) is 0 Å². The summed E-state index contributed by atoms with van der Waals surface area (Å²) in [4.78, 5) is 39.9. The number of esters is 2. The van der Waals surface area contributed by atoms with Crippen LogP contribution in [0.5, 0.6) is 0 Å². The number of benzene rings is 3. The number of amides is 1. The minimum atomic E-state index is -5.33. The van der Waals surface area contributed by atoms with E-state index in [0.717, 1.165) is 5.56 Å². The molecule has 0 unspecified atom stereocenters. The third-order valence-corrected chi connectivity index (χ3v) is 15.6. The summed E-state index contributed by atoms with van der Waals surface area (Å²) in [6.07, 6.45) is -11.5. The van der Waals surface area contributed by atoms with Crippen molar-refractivity contribution >= 4 is 26.2 Å². The van der Waals surface area contributed by atoms with Crippen LogP contribution in [0.3, 0.4) is 0 Å². The Morgan fingerprint density at radius 3 is 1.69 bits per heavy atom. The maximum atomic E-state index is 13.9. The van der Waals surface area contributed by atoms with Gasteiger partial charge in [-0.1, -0.05) is 108 Å². The van der Waals surface area contributed by atoms with Crippen LogP contribution in [0.4, 0.5) is 13.2 Å². The van der Waals surface area contributed by atoms with Crippen LogP contribution in [0.25, 0.3) is 0 Å². The van der Waals surface area contributed by atoms with E-state index in [0.29, 0.717) is 0 Å². The summed E-state index contributed by atoms with van der Waals surface area (Å²) >= 11 is 0. The van der Waals surface area contributed by atoms with Gasteiger partial charge >= 0.3 is 24.0 Å². The van der Waals surface area contributed by atoms with Crippen molar-refractivity contribution in [2.24, 2.45) is 0 Å². The molecule has 0 radical (unpaired) electrons. The van der Waals surface area contributed by atoms with Gasteiger partial charge < -0.3 is 33.4 Å². The van der Waals surface area contributed by atoms with Crippen LogP contribution >= 0.6 is 0 Å². The summed E-state index contributed by atoms with van der Waals surface area (Å²) in [6.45, 7) is 12.3. The van der Waals surface area contributed by atoms with Crippen molar-refractivity contribution < 1.29 is 55.7 Å². The Morgan fingerprint density at radius 1 is 0.722 bits per heavy atom. The Hall–Kier alpha value is -4.08. The molecule has 1 aliphatic heterocycles. The second-order valence-corrected chi connectivity index (χ2v) is 19.5. The molecule has 10 nitrogen and oxygen atoms in total. The van der Waals surface area contributed by atoms with Crippen LogP contribution < -0.4 is 5.32 Å². The molecule has 0 aromatic heterocycles. The van der Waals surface area contributed by atoms with Gasteiger partial charge in [0.25, 0.3) is 0 Å². The van der Waals surface area contributed by atoms with E-state index in [2.05, 4.69) is 41.5 Å². The van der Waals surface area contributed by atoms with E-state index in [-0.39, 0.29) is 54.2 Å². The first-order valence-electron chi connectivity index (χ1n) is 18.1. The molecule has 1 aliphatic rings. The number of carbonyl (C=O) groups excluding carboxylic acids is 3. The van der Waals surface area contributed by atoms with Crippen LogP contribution in [0.15, 0.2) is 91.0 Å². The highest BCUT2D eigenvalue weighted by Crippen LogP contribution is 2.43. The number of rotatable bonds is 17. The molecule has 0 saturated carbocycles. The lowest BCUT2D eigenvalue weighted by molar-refractivity contribution is -0.272. The van der Waals surface area contributed by atoms with E-state index in [1.807, 2.05) is 35.6 Å². The normalized spacial score (nSPS) is 20.6. The zero-order valence-electron chi connectivity index (χ0n) is 31.4. The van der Waals surface area contributed by atoms with E-state index < -0.39 is 63.0 Å². The first-order valence-corrected chi connectivity index (χ1v) is 20.2. The van der Waals surface area contributed by atoms with Crippen molar-refractivity contribution in [1.29, 1.82) is 0 Å². The second-order valence-electron chi connectivity index (χ2n) is 14.0. The molecule has 0 spiro atoms. The highest BCUT2D eigenvalue weighted by atomic mass is 28.4. The Balaban J connectivity index is 1.76. The van der Waals surface area contributed by atoms with Crippen molar-refractivity contribution in [3.8, 4) is 0 Å². The van der Waals surface area contributed by atoms with Crippen LogP contribution in [-0.2, 0) is 39.5 Å². The molecule has 1 fully saturated rings. The number of hydrogen-bond acceptors (Lipinski definition) is 9. The highest BCUT2D eigenvalue weighted by molar-refractivity contribution is 6.77. The van der Waals surface area contributed by atoms with Crippen LogP contribution in [0, 0.1) is 0 Å². The molecule has 5 atom stereocenters. The number of ether oxygens (including phenoxy) is 5. The fourth-order valence-electron chi connectivity index (χ4n) is 7.09. The Kier molecular flexibility index (Phi) is 15.4. The Morgan fingerprint density at radius 2 is 1.20 bits per heavy atom. The van der Waals surface area contributed by atoms with Gasteiger partial charge in [0, 0.05) is 0 Å². The summed E-state index contributed by atoms with van der Waals surface area (Å²) in [6, 6.07) is 23.2.